The van der Waals surface area contributed by atoms with Gasteiger partial charge >= 0.3 is 0 Å². The van der Waals surface area contributed by atoms with Gasteiger partial charge in [-0.25, -0.2) is 0 Å². The summed E-state index contributed by atoms with van der Waals surface area (Å²) in [5, 5.41) is 1.06. The Hall–Kier alpha value is -2.69. The smallest absolute Gasteiger partial charge is 0.246 e. The standard InChI is InChI=1S/C24H29N3O2/c28-22(11-10-20-8-5-7-19-9-6-14-25-23(19)20)26-17-12-21(13-18-26)24(29)27-15-3-1-2-4-16-27/h5-11,14,21H,1-4,12-13,15-18H2/b11-10+. The monoisotopic (exact) mass is 391 g/mol. The molecule has 0 saturated carbocycles. The van der Waals surface area contributed by atoms with Crippen LogP contribution in [0.15, 0.2) is 42.6 Å². The van der Waals surface area contributed by atoms with Gasteiger partial charge in [-0.3, -0.25) is 14.6 Å². The highest BCUT2D eigenvalue weighted by molar-refractivity contribution is 5.95. The van der Waals surface area contributed by atoms with E-state index in [-0.39, 0.29) is 11.8 Å². The average Bonchev–Trinajstić information content (AvgIpc) is 3.06. The molecular weight excluding hydrogens is 362 g/mol. The van der Waals surface area contributed by atoms with E-state index in [1.54, 1.807) is 12.3 Å². The van der Waals surface area contributed by atoms with E-state index in [2.05, 4.69) is 9.88 Å². The summed E-state index contributed by atoms with van der Waals surface area (Å²) in [6.07, 6.45) is 11.5. The third kappa shape index (κ3) is 4.66. The van der Waals surface area contributed by atoms with Crippen molar-refractivity contribution in [1.29, 1.82) is 0 Å². The fourth-order valence-electron chi connectivity index (χ4n) is 4.42. The SMILES string of the molecule is O=C(/C=C/c1cccc2cccnc12)N1CCC(C(=O)N2CCCCCC2)CC1. The van der Waals surface area contributed by atoms with Gasteiger partial charge in [0.2, 0.25) is 11.8 Å². The van der Waals surface area contributed by atoms with Gasteiger partial charge in [0.25, 0.3) is 0 Å². The normalized spacial score (nSPS) is 18.9. The largest absolute Gasteiger partial charge is 0.342 e. The molecule has 2 fully saturated rings. The molecule has 5 heteroatoms. The van der Waals surface area contributed by atoms with Crippen molar-refractivity contribution in [3.8, 4) is 0 Å². The van der Waals surface area contributed by atoms with Crippen molar-refractivity contribution < 1.29 is 9.59 Å². The zero-order chi connectivity index (χ0) is 20.1. The van der Waals surface area contributed by atoms with Crippen LogP contribution in [0.1, 0.15) is 44.1 Å². The number of pyridine rings is 1. The Kier molecular flexibility index (Phi) is 6.23. The molecule has 2 saturated heterocycles. The van der Waals surface area contributed by atoms with Crippen LogP contribution >= 0.6 is 0 Å². The lowest BCUT2D eigenvalue weighted by Crippen LogP contribution is -2.44. The van der Waals surface area contributed by atoms with Gasteiger partial charge in [0.1, 0.15) is 0 Å². The number of benzene rings is 1. The summed E-state index contributed by atoms with van der Waals surface area (Å²) in [5.41, 5.74) is 1.85. The van der Waals surface area contributed by atoms with Crippen LogP contribution in [0.2, 0.25) is 0 Å². The van der Waals surface area contributed by atoms with Crippen LogP contribution in [-0.4, -0.2) is 52.8 Å². The van der Waals surface area contributed by atoms with Gasteiger partial charge in [-0.1, -0.05) is 37.1 Å². The van der Waals surface area contributed by atoms with Crippen LogP contribution in [-0.2, 0) is 9.59 Å². The molecule has 2 aliphatic heterocycles. The maximum absolute atomic E-state index is 12.8. The Bertz CT molecular complexity index is 887. The van der Waals surface area contributed by atoms with Crippen molar-refractivity contribution in [3.63, 3.8) is 0 Å². The molecule has 3 heterocycles. The van der Waals surface area contributed by atoms with Gasteiger partial charge in [-0.05, 0) is 37.8 Å². The summed E-state index contributed by atoms with van der Waals surface area (Å²) in [7, 11) is 0. The zero-order valence-electron chi connectivity index (χ0n) is 16.9. The second kappa shape index (κ2) is 9.21. The lowest BCUT2D eigenvalue weighted by atomic mass is 9.95. The fraction of sp³-hybridized carbons (Fsp3) is 0.458. The molecule has 2 amide bonds. The van der Waals surface area contributed by atoms with E-state index in [0.29, 0.717) is 19.0 Å². The lowest BCUT2D eigenvalue weighted by Gasteiger charge is -2.33. The molecule has 0 aliphatic carbocycles. The number of hydrogen-bond acceptors (Lipinski definition) is 3. The molecule has 5 nitrogen and oxygen atoms in total. The number of nitrogens with zero attached hydrogens (tertiary/aromatic N) is 3. The third-order valence-electron chi connectivity index (χ3n) is 6.14. The van der Waals surface area contributed by atoms with E-state index in [1.165, 1.54) is 12.8 Å². The van der Waals surface area contributed by atoms with Gasteiger partial charge in [0.05, 0.1) is 5.52 Å². The number of piperidine rings is 1. The maximum atomic E-state index is 12.8. The minimum Gasteiger partial charge on any atom is -0.342 e. The summed E-state index contributed by atoms with van der Waals surface area (Å²) in [6.45, 7) is 3.11. The number of carbonyl (C=O) groups is 2. The number of carbonyl (C=O) groups excluding carboxylic acids is 2. The van der Waals surface area contributed by atoms with E-state index in [4.69, 9.17) is 0 Å². The van der Waals surface area contributed by atoms with Gasteiger partial charge in [-0.2, -0.15) is 0 Å². The molecule has 1 aromatic carbocycles. The highest BCUT2D eigenvalue weighted by Crippen LogP contribution is 2.22. The third-order valence-corrected chi connectivity index (χ3v) is 6.14. The summed E-state index contributed by atoms with van der Waals surface area (Å²) in [6, 6.07) is 9.92. The molecule has 2 aliphatic rings. The van der Waals surface area contributed by atoms with E-state index in [9.17, 15) is 9.59 Å². The van der Waals surface area contributed by atoms with Gasteiger partial charge in [0.15, 0.2) is 0 Å². The van der Waals surface area contributed by atoms with Gasteiger partial charge in [-0.15, -0.1) is 0 Å². The van der Waals surface area contributed by atoms with Crippen molar-refractivity contribution in [2.24, 2.45) is 5.92 Å². The number of para-hydroxylation sites is 1. The van der Waals surface area contributed by atoms with Crippen molar-refractivity contribution in [1.82, 2.24) is 14.8 Å². The molecule has 2 aromatic rings. The highest BCUT2D eigenvalue weighted by atomic mass is 16.2. The second-order valence-electron chi connectivity index (χ2n) is 8.09. The molecule has 0 bridgehead atoms. The minimum atomic E-state index is 0.0126. The zero-order valence-corrected chi connectivity index (χ0v) is 16.9. The second-order valence-corrected chi connectivity index (χ2v) is 8.09. The number of amides is 2. The van der Waals surface area contributed by atoms with Crippen molar-refractivity contribution in [2.75, 3.05) is 26.2 Å². The summed E-state index contributed by atoms with van der Waals surface area (Å²) < 4.78 is 0. The quantitative estimate of drug-likeness (QED) is 0.746. The lowest BCUT2D eigenvalue weighted by molar-refractivity contribution is -0.139. The van der Waals surface area contributed by atoms with Gasteiger partial charge < -0.3 is 9.80 Å². The first kappa shape index (κ1) is 19.6. The minimum absolute atomic E-state index is 0.0126. The molecule has 0 atom stereocenters. The van der Waals surface area contributed by atoms with E-state index in [0.717, 1.165) is 55.2 Å². The Morgan fingerprint density at radius 3 is 2.38 bits per heavy atom. The van der Waals surface area contributed by atoms with Crippen LogP contribution in [0, 0.1) is 5.92 Å². The molecule has 0 spiro atoms. The number of aromatic nitrogens is 1. The molecule has 0 N–H and O–H groups in total. The molecule has 152 valence electrons. The van der Waals surface area contributed by atoms with Crippen LogP contribution in [0.4, 0.5) is 0 Å². The number of hydrogen-bond donors (Lipinski definition) is 0. The van der Waals surface area contributed by atoms with Crippen molar-refractivity contribution >= 4 is 28.8 Å². The van der Waals surface area contributed by atoms with E-state index in [1.807, 2.05) is 41.3 Å². The predicted octanol–water partition coefficient (Wildman–Crippen LogP) is 3.89. The van der Waals surface area contributed by atoms with Crippen LogP contribution in [0.25, 0.3) is 17.0 Å². The van der Waals surface area contributed by atoms with Crippen LogP contribution in [0.3, 0.4) is 0 Å². The average molecular weight is 392 g/mol. The molecular formula is C24H29N3O2. The highest BCUT2D eigenvalue weighted by Gasteiger charge is 2.29. The van der Waals surface area contributed by atoms with Crippen molar-refractivity contribution in [3.05, 3.63) is 48.2 Å². The summed E-state index contributed by atoms with van der Waals surface area (Å²) >= 11 is 0. The van der Waals surface area contributed by atoms with Crippen LogP contribution < -0.4 is 0 Å². The first-order valence-electron chi connectivity index (χ1n) is 10.8. The topological polar surface area (TPSA) is 53.5 Å². The molecule has 1 aromatic heterocycles. The summed E-state index contributed by atoms with van der Waals surface area (Å²) in [5.74, 6) is 0.387. The fourth-order valence-corrected chi connectivity index (χ4v) is 4.42. The van der Waals surface area contributed by atoms with Crippen LogP contribution in [0.5, 0.6) is 0 Å². The van der Waals surface area contributed by atoms with Crippen molar-refractivity contribution in [2.45, 2.75) is 38.5 Å². The molecule has 29 heavy (non-hydrogen) atoms. The van der Waals surface area contributed by atoms with Gasteiger partial charge in [0, 0.05) is 55.3 Å². The predicted molar refractivity (Wildman–Crippen MR) is 115 cm³/mol. The Morgan fingerprint density at radius 2 is 1.62 bits per heavy atom. The first-order chi connectivity index (χ1) is 14.2. The Labute approximate surface area is 172 Å². The molecule has 0 unspecified atom stereocenters. The number of fused-ring (bicyclic) bond motifs is 1. The molecule has 0 radical (unpaired) electrons. The van der Waals surface area contributed by atoms with E-state index >= 15 is 0 Å². The maximum Gasteiger partial charge on any atom is 0.246 e. The number of likely N-dealkylation sites (tertiary alicyclic amines) is 2. The van der Waals surface area contributed by atoms with E-state index < -0.39 is 0 Å². The number of rotatable bonds is 3. The Balaban J connectivity index is 1.34. The first-order valence-corrected chi connectivity index (χ1v) is 10.8. The molecule has 4 rings (SSSR count). The Morgan fingerprint density at radius 1 is 0.897 bits per heavy atom. The summed E-state index contributed by atoms with van der Waals surface area (Å²) in [4.78, 5) is 33.8.